The van der Waals surface area contributed by atoms with Gasteiger partial charge in [-0.15, -0.1) is 0 Å². The Morgan fingerprint density at radius 2 is 0.625 bits per heavy atom. The third kappa shape index (κ3) is 51.2. The molecule has 0 amide bonds. The summed E-state index contributed by atoms with van der Waals surface area (Å²) in [7, 11) is 0. The van der Waals surface area contributed by atoms with Gasteiger partial charge in [0.25, 0.3) is 5.97 Å². The molecule has 0 spiro atoms. The molecule has 0 aliphatic heterocycles. The topological polar surface area (TPSA) is 112 Å². The van der Waals surface area contributed by atoms with Gasteiger partial charge in [-0.1, -0.05) is 117 Å². The minimum absolute atomic E-state index is 0.343. The van der Waals surface area contributed by atoms with Gasteiger partial charge in [-0.2, -0.15) is 0 Å². The van der Waals surface area contributed by atoms with E-state index in [1.54, 1.807) is 0 Å². The van der Waals surface area contributed by atoms with Gasteiger partial charge in [0, 0.05) is 19.8 Å². The Balaban J connectivity index is -0.000000450. The number of carboxylic acids is 3. The van der Waals surface area contributed by atoms with Crippen molar-refractivity contribution in [3.8, 4) is 0 Å². The molecular weight excluding hydrogens is 408 g/mol. The van der Waals surface area contributed by atoms with E-state index in [-0.39, 0.29) is 0 Å². The smallest absolute Gasteiger partial charge is 0.303 e. The van der Waals surface area contributed by atoms with Gasteiger partial charge in [-0.05, 0) is 12.8 Å². The van der Waals surface area contributed by atoms with Crippen LogP contribution in [0.4, 0.5) is 0 Å². The summed E-state index contributed by atoms with van der Waals surface area (Å²) in [5, 5.41) is 24.2. The Morgan fingerprint density at radius 1 is 0.438 bits per heavy atom. The van der Waals surface area contributed by atoms with Crippen molar-refractivity contribution in [1.29, 1.82) is 0 Å². The molecule has 0 saturated carbocycles. The van der Waals surface area contributed by atoms with Crippen molar-refractivity contribution in [3.63, 3.8) is 0 Å². The summed E-state index contributed by atoms with van der Waals surface area (Å²) < 4.78 is 0. The summed E-state index contributed by atoms with van der Waals surface area (Å²) in [5.41, 5.74) is 0. The normalized spacial score (nSPS) is 9.84. The number of aliphatic carboxylic acids is 3. The first-order valence-corrected chi connectivity index (χ1v) is 12.9. The molecule has 32 heavy (non-hydrogen) atoms. The zero-order chi connectivity index (χ0) is 24.9. The Bertz CT molecular complexity index is 373. The Kier molecular flexibility index (Phi) is 34.6. The molecule has 0 radical (unpaired) electrons. The Labute approximate surface area is 197 Å². The average molecular weight is 461 g/mol. The monoisotopic (exact) mass is 460 g/mol. The molecule has 0 aromatic heterocycles. The van der Waals surface area contributed by atoms with E-state index in [0.717, 1.165) is 32.6 Å². The fourth-order valence-electron chi connectivity index (χ4n) is 3.17. The van der Waals surface area contributed by atoms with E-state index in [0.29, 0.717) is 12.8 Å². The zero-order valence-electron chi connectivity index (χ0n) is 21.2. The molecule has 0 heterocycles. The predicted octanol–water partition coefficient (Wildman–Crippen LogP) is 8.07. The highest BCUT2D eigenvalue weighted by molar-refractivity contribution is 5.66. The summed E-state index contributed by atoms with van der Waals surface area (Å²) >= 11 is 0. The standard InChI is InChI=1S/2C12H24O2.C2H4O2/c2*1-2-3-4-5-6-7-8-9-10-11-12(13)14;1-2(3)4/h2*2-11H2,1H3,(H,13,14);1H3,(H,3,4). The van der Waals surface area contributed by atoms with E-state index in [1.807, 2.05) is 0 Å². The highest BCUT2D eigenvalue weighted by Crippen LogP contribution is 2.11. The molecule has 192 valence electrons. The minimum atomic E-state index is -0.833. The molecule has 0 atom stereocenters. The van der Waals surface area contributed by atoms with Gasteiger partial charge < -0.3 is 15.3 Å². The van der Waals surface area contributed by atoms with Crippen molar-refractivity contribution in [2.75, 3.05) is 0 Å². The number of hydrogen-bond donors (Lipinski definition) is 3. The lowest BCUT2D eigenvalue weighted by atomic mass is 10.1. The van der Waals surface area contributed by atoms with Crippen molar-refractivity contribution in [2.24, 2.45) is 0 Å². The molecule has 0 saturated heterocycles. The van der Waals surface area contributed by atoms with Crippen molar-refractivity contribution < 1.29 is 29.7 Å². The fraction of sp³-hybridized carbons (Fsp3) is 0.885. The number of rotatable bonds is 20. The van der Waals surface area contributed by atoms with Crippen molar-refractivity contribution in [2.45, 2.75) is 149 Å². The average Bonchev–Trinajstić information content (AvgIpc) is 2.71. The third-order valence-corrected chi connectivity index (χ3v) is 4.99. The summed E-state index contributed by atoms with van der Waals surface area (Å²) in [6.07, 6.45) is 23.0. The van der Waals surface area contributed by atoms with E-state index < -0.39 is 17.9 Å². The largest absolute Gasteiger partial charge is 0.481 e. The minimum Gasteiger partial charge on any atom is -0.481 e. The van der Waals surface area contributed by atoms with Crippen LogP contribution >= 0.6 is 0 Å². The summed E-state index contributed by atoms with van der Waals surface area (Å²) in [4.78, 5) is 29.4. The molecule has 6 nitrogen and oxygen atoms in total. The lowest BCUT2D eigenvalue weighted by Crippen LogP contribution is -1.93. The summed E-state index contributed by atoms with van der Waals surface area (Å²) in [6.45, 7) is 5.54. The van der Waals surface area contributed by atoms with E-state index >= 15 is 0 Å². The maximum absolute atomic E-state index is 10.2. The lowest BCUT2D eigenvalue weighted by molar-refractivity contribution is -0.138. The first kappa shape index (κ1) is 35.0. The predicted molar refractivity (Wildman–Crippen MR) is 132 cm³/mol. The molecule has 0 rings (SSSR count). The number of carbonyl (C=O) groups is 3. The molecule has 0 fully saturated rings. The first-order chi connectivity index (χ1) is 15.3. The van der Waals surface area contributed by atoms with Gasteiger partial charge >= 0.3 is 11.9 Å². The van der Waals surface area contributed by atoms with Crippen LogP contribution in [-0.4, -0.2) is 33.2 Å². The van der Waals surface area contributed by atoms with Crippen LogP contribution in [0.5, 0.6) is 0 Å². The first-order valence-electron chi connectivity index (χ1n) is 12.9. The van der Waals surface area contributed by atoms with Gasteiger partial charge in [0.05, 0.1) is 0 Å². The van der Waals surface area contributed by atoms with Gasteiger partial charge in [0.15, 0.2) is 0 Å². The van der Waals surface area contributed by atoms with Crippen molar-refractivity contribution >= 4 is 17.9 Å². The highest BCUT2D eigenvalue weighted by Gasteiger charge is 1.97. The van der Waals surface area contributed by atoms with Gasteiger partial charge in [0.2, 0.25) is 0 Å². The van der Waals surface area contributed by atoms with Gasteiger partial charge in [-0.3, -0.25) is 14.4 Å². The molecule has 0 bridgehead atoms. The molecule has 6 heteroatoms. The second-order valence-electron chi connectivity index (χ2n) is 8.46. The number of unbranched alkanes of at least 4 members (excludes halogenated alkanes) is 16. The lowest BCUT2D eigenvalue weighted by Gasteiger charge is -2.00. The van der Waals surface area contributed by atoms with Crippen molar-refractivity contribution in [3.05, 3.63) is 0 Å². The molecule has 3 N–H and O–H groups in total. The van der Waals surface area contributed by atoms with Crippen LogP contribution in [0.25, 0.3) is 0 Å². The molecule has 0 unspecified atom stereocenters. The van der Waals surface area contributed by atoms with E-state index in [1.165, 1.54) is 89.9 Å². The van der Waals surface area contributed by atoms with Crippen LogP contribution in [0.3, 0.4) is 0 Å². The third-order valence-electron chi connectivity index (χ3n) is 4.99. The SMILES string of the molecule is CC(=O)O.CCCCCCCCCCCC(=O)O.CCCCCCCCCCCC(=O)O. The van der Waals surface area contributed by atoms with Crippen LogP contribution in [0, 0.1) is 0 Å². The molecular formula is C26H52O6. The Hall–Kier alpha value is -1.59. The van der Waals surface area contributed by atoms with Crippen LogP contribution in [0.2, 0.25) is 0 Å². The molecule has 0 aromatic carbocycles. The van der Waals surface area contributed by atoms with E-state index in [2.05, 4.69) is 13.8 Å². The number of carboxylic acid groups (broad SMARTS) is 3. The molecule has 0 aliphatic carbocycles. The van der Waals surface area contributed by atoms with E-state index in [4.69, 9.17) is 20.1 Å². The van der Waals surface area contributed by atoms with Gasteiger partial charge in [-0.25, -0.2) is 0 Å². The van der Waals surface area contributed by atoms with Crippen molar-refractivity contribution in [1.82, 2.24) is 0 Å². The quantitative estimate of drug-likeness (QED) is 0.158. The maximum atomic E-state index is 10.2. The molecule has 0 aromatic rings. The molecule has 0 aliphatic rings. The number of hydrogen-bond acceptors (Lipinski definition) is 3. The second-order valence-corrected chi connectivity index (χ2v) is 8.46. The zero-order valence-corrected chi connectivity index (χ0v) is 21.2. The fourth-order valence-corrected chi connectivity index (χ4v) is 3.17. The van der Waals surface area contributed by atoms with Crippen LogP contribution in [-0.2, 0) is 14.4 Å². The highest BCUT2D eigenvalue weighted by atomic mass is 16.4. The summed E-state index contributed by atoms with van der Waals surface area (Å²) in [5.74, 6) is -2.15. The Morgan fingerprint density at radius 3 is 0.812 bits per heavy atom. The van der Waals surface area contributed by atoms with Crippen LogP contribution < -0.4 is 0 Å². The van der Waals surface area contributed by atoms with Crippen LogP contribution in [0.15, 0.2) is 0 Å². The van der Waals surface area contributed by atoms with Crippen LogP contribution in [0.1, 0.15) is 149 Å². The maximum Gasteiger partial charge on any atom is 0.303 e. The summed E-state index contributed by atoms with van der Waals surface area (Å²) in [6, 6.07) is 0. The van der Waals surface area contributed by atoms with E-state index in [9.17, 15) is 9.59 Å². The second kappa shape index (κ2) is 31.6. The van der Waals surface area contributed by atoms with Gasteiger partial charge in [0.1, 0.15) is 0 Å².